The molecule has 5 nitrogen and oxygen atoms in total. The third-order valence-electron chi connectivity index (χ3n) is 4.45. The highest BCUT2D eigenvalue weighted by atomic mass is 35.5. The zero-order valence-corrected chi connectivity index (χ0v) is 17.8. The van der Waals surface area contributed by atoms with E-state index in [4.69, 9.17) is 23.2 Å². The summed E-state index contributed by atoms with van der Waals surface area (Å²) in [5.74, 6) is -0.411. The molecule has 30 heavy (non-hydrogen) atoms. The Morgan fingerprint density at radius 3 is 2.30 bits per heavy atom. The average molecular weight is 442 g/mol. The molecule has 0 fully saturated rings. The molecular weight excluding hydrogens is 421 g/mol. The zero-order valence-electron chi connectivity index (χ0n) is 16.3. The van der Waals surface area contributed by atoms with Gasteiger partial charge in [-0.3, -0.25) is 9.59 Å². The van der Waals surface area contributed by atoms with E-state index in [1.165, 1.54) is 0 Å². The first-order valence-corrected chi connectivity index (χ1v) is 10.1. The predicted octanol–water partition coefficient (Wildman–Crippen LogP) is 5.54. The lowest BCUT2D eigenvalue weighted by atomic mass is 10.1. The Labute approximate surface area is 185 Å². The Bertz CT molecular complexity index is 1020. The van der Waals surface area contributed by atoms with E-state index in [2.05, 4.69) is 16.0 Å². The maximum Gasteiger partial charge on any atom is 0.251 e. The summed E-state index contributed by atoms with van der Waals surface area (Å²) in [6, 6.07) is 21.5. The highest BCUT2D eigenvalue weighted by Gasteiger charge is 2.11. The monoisotopic (exact) mass is 441 g/mol. The Morgan fingerprint density at radius 2 is 1.63 bits per heavy atom. The number of hydrogen-bond donors (Lipinski definition) is 3. The number of amides is 2. The maximum atomic E-state index is 12.4. The molecule has 0 saturated carbocycles. The predicted molar refractivity (Wildman–Crippen MR) is 122 cm³/mol. The van der Waals surface area contributed by atoms with E-state index in [-0.39, 0.29) is 24.4 Å². The minimum absolute atomic E-state index is 0.0511. The molecule has 3 aromatic carbocycles. The van der Waals surface area contributed by atoms with Crippen molar-refractivity contribution in [3.8, 4) is 0 Å². The van der Waals surface area contributed by atoms with Crippen LogP contribution in [0, 0.1) is 0 Å². The molecule has 3 rings (SSSR count). The van der Waals surface area contributed by atoms with E-state index in [1.807, 2.05) is 37.3 Å². The fraction of sp³-hybridized carbons (Fsp3) is 0.130. The molecule has 154 valence electrons. The van der Waals surface area contributed by atoms with Gasteiger partial charge in [-0.25, -0.2) is 0 Å². The van der Waals surface area contributed by atoms with Crippen LogP contribution in [0.3, 0.4) is 0 Å². The van der Waals surface area contributed by atoms with Gasteiger partial charge in [-0.05, 0) is 55.0 Å². The largest absolute Gasteiger partial charge is 0.376 e. The molecule has 0 heterocycles. The Kier molecular flexibility index (Phi) is 7.33. The summed E-state index contributed by atoms with van der Waals surface area (Å²) in [5.41, 5.74) is 2.80. The quantitative estimate of drug-likeness (QED) is 0.450. The second kappa shape index (κ2) is 10.1. The molecule has 0 aliphatic carbocycles. The normalized spacial score (nSPS) is 11.4. The highest BCUT2D eigenvalue weighted by Crippen LogP contribution is 2.25. The van der Waals surface area contributed by atoms with Gasteiger partial charge in [0.15, 0.2) is 0 Å². The van der Waals surface area contributed by atoms with Gasteiger partial charge in [-0.1, -0.05) is 53.5 Å². The van der Waals surface area contributed by atoms with Crippen molar-refractivity contribution >= 4 is 46.4 Å². The zero-order chi connectivity index (χ0) is 21.5. The molecule has 3 aromatic rings. The van der Waals surface area contributed by atoms with E-state index in [0.29, 0.717) is 21.3 Å². The molecule has 3 N–H and O–H groups in total. The van der Waals surface area contributed by atoms with Gasteiger partial charge in [0.25, 0.3) is 5.91 Å². The molecule has 1 unspecified atom stereocenters. The van der Waals surface area contributed by atoms with E-state index in [1.54, 1.807) is 42.5 Å². The molecule has 1 atom stereocenters. The number of nitrogens with one attached hydrogen (secondary N) is 3. The third-order valence-corrected chi connectivity index (χ3v) is 5.00. The SMILES string of the molecule is CC(NC(=O)c1ccc(NCC(=O)Nc2ccc(Cl)cc2Cl)cc1)c1ccccc1. The molecule has 0 bridgehead atoms. The summed E-state index contributed by atoms with van der Waals surface area (Å²) in [6.07, 6.45) is 0. The van der Waals surface area contributed by atoms with Crippen LogP contribution >= 0.6 is 23.2 Å². The van der Waals surface area contributed by atoms with E-state index in [0.717, 1.165) is 11.3 Å². The Hall–Kier alpha value is -3.02. The number of anilines is 2. The number of carbonyl (C=O) groups is 2. The second-order valence-corrected chi connectivity index (χ2v) is 7.55. The van der Waals surface area contributed by atoms with Crippen molar-refractivity contribution in [2.75, 3.05) is 17.2 Å². The summed E-state index contributed by atoms with van der Waals surface area (Å²) in [6.45, 7) is 1.99. The van der Waals surface area contributed by atoms with Crippen LogP contribution in [-0.4, -0.2) is 18.4 Å². The summed E-state index contributed by atoms with van der Waals surface area (Å²) >= 11 is 11.9. The van der Waals surface area contributed by atoms with Gasteiger partial charge in [-0.2, -0.15) is 0 Å². The average Bonchev–Trinajstić information content (AvgIpc) is 2.75. The third kappa shape index (κ3) is 5.99. The Morgan fingerprint density at radius 1 is 0.933 bits per heavy atom. The highest BCUT2D eigenvalue weighted by molar-refractivity contribution is 6.36. The van der Waals surface area contributed by atoms with E-state index >= 15 is 0 Å². The molecule has 0 saturated heterocycles. The Balaban J connectivity index is 1.51. The molecule has 0 aliphatic heterocycles. The topological polar surface area (TPSA) is 70.2 Å². The molecule has 2 amide bonds. The fourth-order valence-electron chi connectivity index (χ4n) is 2.81. The van der Waals surface area contributed by atoms with Gasteiger partial charge in [0.05, 0.1) is 23.3 Å². The first kappa shape index (κ1) is 21.7. The molecular formula is C23H21Cl2N3O2. The number of halogens is 2. The molecule has 0 aromatic heterocycles. The lowest BCUT2D eigenvalue weighted by molar-refractivity contribution is -0.114. The number of carbonyl (C=O) groups excluding carboxylic acids is 2. The van der Waals surface area contributed by atoms with Gasteiger partial charge < -0.3 is 16.0 Å². The van der Waals surface area contributed by atoms with Crippen molar-refractivity contribution in [2.24, 2.45) is 0 Å². The smallest absolute Gasteiger partial charge is 0.251 e. The molecule has 0 spiro atoms. The van der Waals surface area contributed by atoms with Crippen molar-refractivity contribution in [2.45, 2.75) is 13.0 Å². The lowest BCUT2D eigenvalue weighted by Gasteiger charge is -2.14. The van der Waals surface area contributed by atoms with Crippen molar-refractivity contribution in [3.63, 3.8) is 0 Å². The minimum atomic E-state index is -0.252. The van der Waals surface area contributed by atoms with E-state index in [9.17, 15) is 9.59 Å². The summed E-state index contributed by atoms with van der Waals surface area (Å²) < 4.78 is 0. The van der Waals surface area contributed by atoms with E-state index < -0.39 is 0 Å². The van der Waals surface area contributed by atoms with Crippen molar-refractivity contribution in [1.82, 2.24) is 5.32 Å². The summed E-state index contributed by atoms with van der Waals surface area (Å²) in [5, 5.41) is 9.58. The number of hydrogen-bond acceptors (Lipinski definition) is 3. The first-order chi connectivity index (χ1) is 14.4. The van der Waals surface area contributed by atoms with Gasteiger partial charge in [-0.15, -0.1) is 0 Å². The van der Waals surface area contributed by atoms with Crippen LogP contribution in [0.5, 0.6) is 0 Å². The van der Waals surface area contributed by atoms with Crippen LogP contribution in [0.1, 0.15) is 28.9 Å². The van der Waals surface area contributed by atoms with Crippen LogP contribution in [0.4, 0.5) is 11.4 Å². The summed E-state index contributed by atoms with van der Waals surface area (Å²) in [7, 11) is 0. The van der Waals surface area contributed by atoms with Crippen molar-refractivity contribution in [1.29, 1.82) is 0 Å². The maximum absolute atomic E-state index is 12.4. The lowest BCUT2D eigenvalue weighted by Crippen LogP contribution is -2.26. The van der Waals surface area contributed by atoms with Crippen molar-refractivity contribution < 1.29 is 9.59 Å². The molecule has 0 aliphatic rings. The van der Waals surface area contributed by atoms with Crippen LogP contribution in [0.15, 0.2) is 72.8 Å². The van der Waals surface area contributed by atoms with Crippen LogP contribution < -0.4 is 16.0 Å². The fourth-order valence-corrected chi connectivity index (χ4v) is 3.27. The van der Waals surface area contributed by atoms with Gasteiger partial charge in [0.2, 0.25) is 5.91 Å². The summed E-state index contributed by atoms with van der Waals surface area (Å²) in [4.78, 5) is 24.6. The van der Waals surface area contributed by atoms with Crippen LogP contribution in [0.25, 0.3) is 0 Å². The van der Waals surface area contributed by atoms with Gasteiger partial charge in [0.1, 0.15) is 0 Å². The molecule has 0 radical (unpaired) electrons. The van der Waals surface area contributed by atoms with Gasteiger partial charge in [0, 0.05) is 16.3 Å². The number of benzene rings is 3. The van der Waals surface area contributed by atoms with Crippen molar-refractivity contribution in [3.05, 3.63) is 94.0 Å². The van der Waals surface area contributed by atoms with Crippen LogP contribution in [-0.2, 0) is 4.79 Å². The second-order valence-electron chi connectivity index (χ2n) is 6.71. The standard InChI is InChI=1S/C23H21Cl2N3O2/c1-15(16-5-3-2-4-6-16)27-23(30)17-7-10-19(11-8-17)26-14-22(29)28-21-12-9-18(24)13-20(21)25/h2-13,15,26H,14H2,1H3,(H,27,30)(H,28,29). The van der Waals surface area contributed by atoms with Crippen LogP contribution in [0.2, 0.25) is 10.0 Å². The molecule has 7 heteroatoms. The minimum Gasteiger partial charge on any atom is -0.376 e. The first-order valence-electron chi connectivity index (χ1n) is 9.37. The number of rotatable bonds is 7. The van der Waals surface area contributed by atoms with Gasteiger partial charge >= 0.3 is 0 Å².